The molecule has 1 saturated heterocycles. The Kier molecular flexibility index (Phi) is 5.94. The Morgan fingerprint density at radius 2 is 1.89 bits per heavy atom. The predicted octanol–water partition coefficient (Wildman–Crippen LogP) is 1.84. The smallest absolute Gasteiger partial charge is 0.250 e. The highest BCUT2D eigenvalue weighted by Gasteiger charge is 2.35. The summed E-state index contributed by atoms with van der Waals surface area (Å²) in [7, 11) is 0. The van der Waals surface area contributed by atoms with Crippen LogP contribution >= 0.6 is 0 Å². The van der Waals surface area contributed by atoms with Gasteiger partial charge in [0.1, 0.15) is 11.5 Å². The first-order valence-electron chi connectivity index (χ1n) is 11.6. The molecule has 2 bridgehead atoms. The van der Waals surface area contributed by atoms with Crippen LogP contribution in [0.25, 0.3) is 0 Å². The van der Waals surface area contributed by atoms with E-state index in [-0.39, 0.29) is 29.4 Å². The number of fused-ring (bicyclic) bond motifs is 4. The van der Waals surface area contributed by atoms with E-state index in [2.05, 4.69) is 4.90 Å². The molecule has 35 heavy (non-hydrogen) atoms. The summed E-state index contributed by atoms with van der Waals surface area (Å²) in [5.41, 5.74) is 6.38. The lowest BCUT2D eigenvalue weighted by Gasteiger charge is -2.42. The van der Waals surface area contributed by atoms with Crippen LogP contribution in [0.3, 0.4) is 0 Å². The van der Waals surface area contributed by atoms with Crippen molar-refractivity contribution >= 4 is 5.91 Å². The van der Waals surface area contributed by atoms with Crippen LogP contribution < -0.4 is 16.7 Å². The third kappa shape index (κ3) is 4.59. The Morgan fingerprint density at radius 1 is 1.09 bits per heavy atom. The van der Waals surface area contributed by atoms with Crippen molar-refractivity contribution < 1.29 is 19.4 Å². The molecule has 0 radical (unpaired) electrons. The van der Waals surface area contributed by atoms with Crippen molar-refractivity contribution in [1.29, 1.82) is 0 Å². The molecule has 2 aliphatic rings. The Bertz CT molecular complexity index is 1390. The Labute approximate surface area is 201 Å². The number of amides is 1. The van der Waals surface area contributed by atoms with E-state index < -0.39 is 23.0 Å². The highest BCUT2D eigenvalue weighted by molar-refractivity contribution is 5.75. The normalized spacial score (nSPS) is 20.2. The maximum absolute atomic E-state index is 12.7. The van der Waals surface area contributed by atoms with Gasteiger partial charge in [-0.15, -0.1) is 0 Å². The average molecular weight is 478 g/mol. The molecule has 2 aliphatic heterocycles. The number of benzene rings is 1. The summed E-state index contributed by atoms with van der Waals surface area (Å²) in [5.74, 6) is -1.24. The second-order valence-electron chi connectivity index (χ2n) is 9.50. The van der Waals surface area contributed by atoms with Crippen molar-refractivity contribution in [3.8, 4) is 11.5 Å². The van der Waals surface area contributed by atoms with Gasteiger partial charge in [0.25, 0.3) is 5.56 Å². The molecule has 3 aromatic rings. The van der Waals surface area contributed by atoms with Crippen molar-refractivity contribution in [2.75, 3.05) is 13.1 Å². The van der Waals surface area contributed by atoms with Crippen LogP contribution in [-0.2, 0) is 17.9 Å². The number of pyridine rings is 1. The van der Waals surface area contributed by atoms with Gasteiger partial charge in [0.2, 0.25) is 17.1 Å². The van der Waals surface area contributed by atoms with Gasteiger partial charge in [0, 0.05) is 49.8 Å². The van der Waals surface area contributed by atoms with Crippen molar-refractivity contribution in [2.24, 2.45) is 11.7 Å². The van der Waals surface area contributed by atoms with E-state index in [9.17, 15) is 24.6 Å². The maximum Gasteiger partial charge on any atom is 0.250 e. The van der Waals surface area contributed by atoms with Crippen molar-refractivity contribution in [3.63, 3.8) is 0 Å². The number of carbonyl (C=O) groups is 1. The molecular formula is C26H27N3O6. The summed E-state index contributed by atoms with van der Waals surface area (Å²) >= 11 is 0. The van der Waals surface area contributed by atoms with Crippen LogP contribution in [0.4, 0.5) is 0 Å². The summed E-state index contributed by atoms with van der Waals surface area (Å²) in [4.78, 5) is 38.9. The number of aromatic hydroxyl groups is 2. The van der Waals surface area contributed by atoms with Crippen molar-refractivity contribution in [2.45, 2.75) is 37.8 Å². The molecule has 0 saturated carbocycles. The molecule has 4 heterocycles. The fourth-order valence-electron chi connectivity index (χ4n) is 5.52. The summed E-state index contributed by atoms with van der Waals surface area (Å²) < 4.78 is 7.88. The zero-order valence-corrected chi connectivity index (χ0v) is 19.1. The Morgan fingerprint density at radius 3 is 2.66 bits per heavy atom. The molecule has 9 heteroatoms. The quantitative estimate of drug-likeness (QED) is 0.492. The number of nitrogens with zero attached hydrogens (tertiary/aromatic N) is 2. The molecule has 1 amide bonds. The van der Waals surface area contributed by atoms with E-state index in [1.54, 1.807) is 24.3 Å². The minimum atomic E-state index is -0.827. The van der Waals surface area contributed by atoms with E-state index in [0.29, 0.717) is 36.9 Å². The molecule has 182 valence electrons. The lowest BCUT2D eigenvalue weighted by atomic mass is 9.83. The SMILES string of the molecule is NC(=O)C[C@H](c1cccc(O)c1)c1oc(CN2C[C@H]3C[C@@H](C2)c2cccc(=O)n2C3)cc(=O)c1O. The highest BCUT2D eigenvalue weighted by atomic mass is 16.4. The van der Waals surface area contributed by atoms with E-state index in [4.69, 9.17) is 10.2 Å². The lowest BCUT2D eigenvalue weighted by Crippen LogP contribution is -2.46. The Balaban J connectivity index is 1.45. The molecule has 4 N–H and O–H groups in total. The summed E-state index contributed by atoms with van der Waals surface area (Å²) in [6.07, 6.45) is 0.797. The first-order valence-corrected chi connectivity index (χ1v) is 11.6. The molecule has 0 spiro atoms. The largest absolute Gasteiger partial charge is 0.508 e. The summed E-state index contributed by atoms with van der Waals surface area (Å²) in [5, 5.41) is 20.4. The van der Waals surface area contributed by atoms with Gasteiger partial charge in [-0.05, 0) is 36.1 Å². The number of phenols is 1. The Hall–Kier alpha value is -3.85. The van der Waals surface area contributed by atoms with Gasteiger partial charge in [-0.1, -0.05) is 18.2 Å². The van der Waals surface area contributed by atoms with Crippen LogP contribution in [0.15, 0.2) is 62.5 Å². The average Bonchev–Trinajstić information content (AvgIpc) is 2.80. The van der Waals surface area contributed by atoms with E-state index >= 15 is 0 Å². The number of hydrogen-bond acceptors (Lipinski definition) is 7. The molecule has 1 aromatic carbocycles. The summed E-state index contributed by atoms with van der Waals surface area (Å²) in [6, 6.07) is 12.8. The first-order chi connectivity index (χ1) is 16.8. The minimum absolute atomic E-state index is 0.0193. The highest BCUT2D eigenvalue weighted by Crippen LogP contribution is 2.37. The predicted molar refractivity (Wildman–Crippen MR) is 127 cm³/mol. The van der Waals surface area contributed by atoms with Crippen LogP contribution in [0.5, 0.6) is 11.5 Å². The van der Waals surface area contributed by atoms with E-state index in [1.165, 1.54) is 18.2 Å². The van der Waals surface area contributed by atoms with Gasteiger partial charge in [-0.2, -0.15) is 0 Å². The number of hydrogen-bond donors (Lipinski definition) is 3. The number of likely N-dealkylation sites (tertiary alicyclic amines) is 1. The molecular weight excluding hydrogens is 450 g/mol. The lowest BCUT2D eigenvalue weighted by molar-refractivity contribution is -0.118. The standard InChI is InChI=1S/C26H27N3O6/c27-23(32)10-20(16-3-1-4-18(30)8-16)26-25(34)22(31)9-19(35-26)14-28-11-15-7-17(13-28)21-5-2-6-24(33)29(21)12-15/h1-6,8-9,15,17,20,30,34H,7,10-14H2,(H2,27,32)/t15-,17+,20-/m1/s1. The van der Waals surface area contributed by atoms with E-state index in [1.807, 2.05) is 10.6 Å². The number of aromatic nitrogens is 1. The topological polar surface area (TPSA) is 139 Å². The maximum atomic E-state index is 12.7. The number of nitrogens with two attached hydrogens (primary N) is 1. The monoisotopic (exact) mass is 477 g/mol. The zero-order chi connectivity index (χ0) is 24.7. The molecule has 9 nitrogen and oxygen atoms in total. The number of phenolic OH excluding ortho intramolecular Hbond substituents is 1. The van der Waals surface area contributed by atoms with E-state index in [0.717, 1.165) is 18.7 Å². The molecule has 0 aliphatic carbocycles. The fourth-order valence-corrected chi connectivity index (χ4v) is 5.52. The van der Waals surface area contributed by atoms with Crippen molar-refractivity contribution in [3.05, 3.63) is 91.9 Å². The second kappa shape index (κ2) is 9.07. The molecule has 5 rings (SSSR count). The zero-order valence-electron chi connectivity index (χ0n) is 19.1. The minimum Gasteiger partial charge on any atom is -0.508 e. The van der Waals surface area contributed by atoms with Gasteiger partial charge in [-0.25, -0.2) is 0 Å². The van der Waals surface area contributed by atoms with Gasteiger partial charge in [0.15, 0.2) is 5.76 Å². The van der Waals surface area contributed by atoms with Gasteiger partial charge < -0.3 is 24.9 Å². The van der Waals surface area contributed by atoms with Crippen LogP contribution in [0.2, 0.25) is 0 Å². The van der Waals surface area contributed by atoms with Gasteiger partial charge in [-0.3, -0.25) is 19.3 Å². The number of piperidine rings is 1. The molecule has 0 unspecified atom stereocenters. The van der Waals surface area contributed by atoms with Crippen LogP contribution in [-0.4, -0.2) is 38.7 Å². The van der Waals surface area contributed by atoms with Gasteiger partial charge in [0.05, 0.1) is 12.5 Å². The van der Waals surface area contributed by atoms with Gasteiger partial charge >= 0.3 is 0 Å². The first kappa shape index (κ1) is 22.9. The summed E-state index contributed by atoms with van der Waals surface area (Å²) in [6.45, 7) is 2.45. The second-order valence-corrected chi connectivity index (χ2v) is 9.50. The third-order valence-corrected chi connectivity index (χ3v) is 6.93. The third-order valence-electron chi connectivity index (χ3n) is 6.93. The molecule has 1 fully saturated rings. The number of primary amides is 1. The fraction of sp³-hybridized carbons (Fsp3) is 0.346. The van der Waals surface area contributed by atoms with Crippen molar-refractivity contribution in [1.82, 2.24) is 9.47 Å². The van der Waals surface area contributed by atoms with Crippen LogP contribution in [0, 0.1) is 5.92 Å². The number of rotatable bonds is 6. The molecule has 3 atom stereocenters. The number of carbonyl (C=O) groups excluding carboxylic acids is 1. The molecule has 2 aromatic heterocycles. The van der Waals surface area contributed by atoms with Crippen LogP contribution in [0.1, 0.15) is 47.5 Å².